The maximum absolute atomic E-state index is 12.1. The second kappa shape index (κ2) is 7.53. The van der Waals surface area contributed by atoms with Crippen molar-refractivity contribution in [2.75, 3.05) is 13.2 Å². The standard InChI is InChI=1S/C17H25F3O4S/c1-15(2,3)12-16(4,5)13-6-8-14(9-7-13)23-10-11-24-25(21,22)17(18,19)20/h6-9H,10-12H2,1-5H3. The Morgan fingerprint density at radius 1 is 0.920 bits per heavy atom. The van der Waals surface area contributed by atoms with Crippen LogP contribution in [0.2, 0.25) is 0 Å². The monoisotopic (exact) mass is 382 g/mol. The maximum atomic E-state index is 12.1. The van der Waals surface area contributed by atoms with Crippen molar-refractivity contribution in [2.24, 2.45) is 5.41 Å². The lowest BCUT2D eigenvalue weighted by atomic mass is 9.72. The highest BCUT2D eigenvalue weighted by molar-refractivity contribution is 7.87. The lowest BCUT2D eigenvalue weighted by Gasteiger charge is -2.33. The van der Waals surface area contributed by atoms with Gasteiger partial charge in [0.25, 0.3) is 0 Å². The zero-order valence-corrected chi connectivity index (χ0v) is 15.9. The van der Waals surface area contributed by atoms with Crippen LogP contribution in [-0.2, 0) is 19.7 Å². The number of ether oxygens (including phenoxy) is 1. The molecule has 1 aromatic rings. The van der Waals surface area contributed by atoms with Crippen LogP contribution in [0.15, 0.2) is 24.3 Å². The maximum Gasteiger partial charge on any atom is 0.523 e. The molecule has 0 aliphatic carbocycles. The molecule has 8 heteroatoms. The molecule has 0 radical (unpaired) electrons. The summed E-state index contributed by atoms with van der Waals surface area (Å²) in [7, 11) is -5.58. The summed E-state index contributed by atoms with van der Waals surface area (Å²) in [5.74, 6) is 0.434. The molecule has 0 heterocycles. The van der Waals surface area contributed by atoms with E-state index < -0.39 is 22.2 Å². The topological polar surface area (TPSA) is 52.6 Å². The predicted octanol–water partition coefficient (Wildman–Crippen LogP) is 4.65. The summed E-state index contributed by atoms with van der Waals surface area (Å²) < 4.78 is 66.9. The van der Waals surface area contributed by atoms with E-state index in [0.717, 1.165) is 12.0 Å². The normalized spacial score (nSPS) is 13.8. The van der Waals surface area contributed by atoms with E-state index in [4.69, 9.17) is 4.74 Å². The summed E-state index contributed by atoms with van der Waals surface area (Å²) in [6.07, 6.45) is 0.976. The van der Waals surface area contributed by atoms with E-state index in [2.05, 4.69) is 38.8 Å². The Hall–Kier alpha value is -1.28. The molecular weight excluding hydrogens is 357 g/mol. The highest BCUT2D eigenvalue weighted by Gasteiger charge is 2.47. The van der Waals surface area contributed by atoms with Crippen LogP contribution in [0.3, 0.4) is 0 Å². The largest absolute Gasteiger partial charge is 0.523 e. The van der Waals surface area contributed by atoms with Gasteiger partial charge in [0.15, 0.2) is 0 Å². The first-order valence-electron chi connectivity index (χ1n) is 7.83. The Morgan fingerprint density at radius 3 is 1.88 bits per heavy atom. The van der Waals surface area contributed by atoms with Crippen molar-refractivity contribution in [1.82, 2.24) is 0 Å². The quantitative estimate of drug-likeness (QED) is 0.391. The van der Waals surface area contributed by atoms with Crippen LogP contribution in [-0.4, -0.2) is 27.1 Å². The number of alkyl halides is 3. The van der Waals surface area contributed by atoms with Crippen molar-refractivity contribution < 1.29 is 30.5 Å². The first-order chi connectivity index (χ1) is 11.1. The van der Waals surface area contributed by atoms with Gasteiger partial charge in [0, 0.05) is 0 Å². The minimum absolute atomic E-state index is 0.0410. The van der Waals surface area contributed by atoms with E-state index in [1.807, 2.05) is 12.1 Å². The Balaban J connectivity index is 2.58. The molecule has 25 heavy (non-hydrogen) atoms. The third-order valence-electron chi connectivity index (χ3n) is 3.48. The van der Waals surface area contributed by atoms with Crippen molar-refractivity contribution >= 4 is 10.1 Å². The van der Waals surface area contributed by atoms with Crippen LogP contribution in [0.4, 0.5) is 13.2 Å². The molecule has 0 saturated carbocycles. The third kappa shape index (κ3) is 6.86. The van der Waals surface area contributed by atoms with Crippen molar-refractivity contribution in [3.05, 3.63) is 29.8 Å². The van der Waals surface area contributed by atoms with Gasteiger partial charge in [-0.25, -0.2) is 0 Å². The molecule has 144 valence electrons. The molecule has 0 aliphatic rings. The summed E-state index contributed by atoms with van der Waals surface area (Å²) in [4.78, 5) is 0. The zero-order chi connectivity index (χ0) is 19.5. The van der Waals surface area contributed by atoms with E-state index in [0.29, 0.717) is 5.75 Å². The molecule has 0 spiro atoms. The van der Waals surface area contributed by atoms with Gasteiger partial charge in [-0.05, 0) is 34.9 Å². The van der Waals surface area contributed by atoms with E-state index in [1.165, 1.54) is 0 Å². The Bertz CT molecular complexity index is 657. The zero-order valence-electron chi connectivity index (χ0n) is 15.1. The van der Waals surface area contributed by atoms with Crippen LogP contribution in [0.1, 0.15) is 46.6 Å². The third-order valence-corrected chi connectivity index (χ3v) is 4.53. The van der Waals surface area contributed by atoms with Crippen LogP contribution in [0.25, 0.3) is 0 Å². The molecule has 1 rings (SSSR count). The number of hydrogen-bond donors (Lipinski definition) is 0. The van der Waals surface area contributed by atoms with E-state index >= 15 is 0 Å². The lowest BCUT2D eigenvalue weighted by Crippen LogP contribution is -2.27. The summed E-state index contributed by atoms with van der Waals surface area (Å²) in [5.41, 5.74) is -4.18. The molecule has 0 bridgehead atoms. The smallest absolute Gasteiger partial charge is 0.491 e. The molecule has 0 amide bonds. The summed E-state index contributed by atoms with van der Waals surface area (Å²) >= 11 is 0. The molecule has 0 fully saturated rings. The molecule has 0 saturated heterocycles. The Kier molecular flexibility index (Phi) is 6.56. The van der Waals surface area contributed by atoms with E-state index in [9.17, 15) is 21.6 Å². The average Bonchev–Trinajstić information content (AvgIpc) is 2.40. The van der Waals surface area contributed by atoms with Gasteiger partial charge >= 0.3 is 15.6 Å². The molecule has 1 aromatic carbocycles. The predicted molar refractivity (Wildman–Crippen MR) is 90.0 cm³/mol. The van der Waals surface area contributed by atoms with E-state index in [1.54, 1.807) is 12.1 Å². The van der Waals surface area contributed by atoms with Gasteiger partial charge in [-0.1, -0.05) is 46.8 Å². The molecule has 0 unspecified atom stereocenters. The van der Waals surface area contributed by atoms with Gasteiger partial charge in [0.1, 0.15) is 19.0 Å². The molecular formula is C17H25F3O4S. The number of rotatable bonds is 7. The number of hydrogen-bond acceptors (Lipinski definition) is 4. The summed E-state index contributed by atoms with van der Waals surface area (Å²) in [6.45, 7) is 9.77. The average molecular weight is 382 g/mol. The van der Waals surface area contributed by atoms with Crippen LogP contribution >= 0.6 is 0 Å². The molecule has 0 aliphatic heterocycles. The number of halogens is 3. The molecule has 4 nitrogen and oxygen atoms in total. The van der Waals surface area contributed by atoms with Gasteiger partial charge in [0.05, 0.1) is 0 Å². The summed E-state index contributed by atoms with van der Waals surface area (Å²) in [6, 6.07) is 7.21. The minimum Gasteiger partial charge on any atom is -0.491 e. The van der Waals surface area contributed by atoms with E-state index in [-0.39, 0.29) is 17.4 Å². The fourth-order valence-corrected chi connectivity index (χ4v) is 3.22. The molecule has 0 aromatic heterocycles. The van der Waals surface area contributed by atoms with Gasteiger partial charge in [0.2, 0.25) is 0 Å². The highest BCUT2D eigenvalue weighted by Crippen LogP contribution is 2.36. The van der Waals surface area contributed by atoms with Gasteiger partial charge in [-0.2, -0.15) is 21.6 Å². The minimum atomic E-state index is -5.58. The van der Waals surface area contributed by atoms with Gasteiger partial charge in [-0.15, -0.1) is 0 Å². The first-order valence-corrected chi connectivity index (χ1v) is 9.24. The van der Waals surface area contributed by atoms with Crippen LogP contribution < -0.4 is 4.74 Å². The lowest BCUT2D eigenvalue weighted by molar-refractivity contribution is -0.0547. The second-order valence-electron chi connectivity index (χ2n) is 7.72. The fourth-order valence-electron chi connectivity index (χ4n) is 2.80. The Morgan fingerprint density at radius 2 is 1.44 bits per heavy atom. The van der Waals surface area contributed by atoms with Crippen molar-refractivity contribution in [3.8, 4) is 5.75 Å². The van der Waals surface area contributed by atoms with Crippen molar-refractivity contribution in [2.45, 2.75) is 52.0 Å². The SMILES string of the molecule is CC(C)(C)CC(C)(C)c1ccc(OCCOS(=O)(=O)C(F)(F)F)cc1. The van der Waals surface area contributed by atoms with Gasteiger partial charge in [-0.3, -0.25) is 4.18 Å². The van der Waals surface area contributed by atoms with Gasteiger partial charge < -0.3 is 4.74 Å². The highest BCUT2D eigenvalue weighted by atomic mass is 32.2. The first kappa shape index (κ1) is 21.8. The van der Waals surface area contributed by atoms with Crippen molar-refractivity contribution in [1.29, 1.82) is 0 Å². The number of benzene rings is 1. The Labute approximate surface area is 147 Å². The van der Waals surface area contributed by atoms with Crippen LogP contribution in [0, 0.1) is 5.41 Å². The van der Waals surface area contributed by atoms with Crippen LogP contribution in [0.5, 0.6) is 5.75 Å². The summed E-state index contributed by atoms with van der Waals surface area (Å²) in [5, 5.41) is 0. The van der Waals surface area contributed by atoms with Crippen molar-refractivity contribution in [3.63, 3.8) is 0 Å². The second-order valence-corrected chi connectivity index (χ2v) is 9.32. The molecule has 0 N–H and O–H groups in total. The molecule has 0 atom stereocenters. The fraction of sp³-hybridized carbons (Fsp3) is 0.647.